The van der Waals surface area contributed by atoms with Gasteiger partial charge in [-0.1, -0.05) is 18.2 Å². The van der Waals surface area contributed by atoms with Crippen LogP contribution in [0.1, 0.15) is 23.3 Å². The van der Waals surface area contributed by atoms with Crippen LogP contribution in [0.4, 0.5) is 0 Å². The van der Waals surface area contributed by atoms with Crippen molar-refractivity contribution in [1.82, 2.24) is 19.9 Å². The summed E-state index contributed by atoms with van der Waals surface area (Å²) in [5, 5.41) is 8.48. The van der Waals surface area contributed by atoms with Crippen molar-refractivity contribution in [2.45, 2.75) is 18.6 Å². The van der Waals surface area contributed by atoms with Gasteiger partial charge in [0.25, 0.3) is 5.91 Å². The molecule has 0 saturated carbocycles. The number of piperidine rings is 1. The first-order valence-electron chi connectivity index (χ1n) is 7.81. The first kappa shape index (κ1) is 14.3. The van der Waals surface area contributed by atoms with E-state index < -0.39 is 5.79 Å². The van der Waals surface area contributed by atoms with Crippen molar-refractivity contribution in [3.05, 3.63) is 42.2 Å². The number of amides is 1. The van der Waals surface area contributed by atoms with E-state index in [1.807, 2.05) is 30.3 Å². The summed E-state index contributed by atoms with van der Waals surface area (Å²) in [5.74, 6) is -0.571. The Hall–Kier alpha value is -2.25. The first-order valence-corrected chi connectivity index (χ1v) is 7.81. The van der Waals surface area contributed by atoms with Gasteiger partial charge in [0.1, 0.15) is 0 Å². The predicted molar refractivity (Wildman–Crippen MR) is 81.1 cm³/mol. The molecule has 0 radical (unpaired) electrons. The number of para-hydroxylation sites is 1. The highest BCUT2D eigenvalue weighted by Crippen LogP contribution is 2.31. The molecule has 7 heteroatoms. The molecule has 0 atom stereocenters. The zero-order valence-electron chi connectivity index (χ0n) is 12.7. The quantitative estimate of drug-likeness (QED) is 0.834. The smallest absolute Gasteiger partial charge is 0.276 e. The molecule has 1 amide bonds. The third-order valence-corrected chi connectivity index (χ3v) is 4.32. The topological polar surface area (TPSA) is 69.5 Å². The summed E-state index contributed by atoms with van der Waals surface area (Å²) >= 11 is 0. The van der Waals surface area contributed by atoms with Crippen LogP contribution in [0, 0.1) is 0 Å². The van der Waals surface area contributed by atoms with Crippen LogP contribution >= 0.6 is 0 Å². The van der Waals surface area contributed by atoms with Crippen LogP contribution in [-0.4, -0.2) is 57.9 Å². The van der Waals surface area contributed by atoms with Gasteiger partial charge >= 0.3 is 0 Å². The van der Waals surface area contributed by atoms with E-state index in [1.54, 1.807) is 4.90 Å². The molecule has 2 fully saturated rings. The summed E-state index contributed by atoms with van der Waals surface area (Å²) in [7, 11) is 0. The molecule has 2 aliphatic rings. The number of likely N-dealkylation sites (tertiary alicyclic amines) is 1. The van der Waals surface area contributed by atoms with Gasteiger partial charge in [0.2, 0.25) is 0 Å². The van der Waals surface area contributed by atoms with Gasteiger partial charge in [-0.3, -0.25) is 4.79 Å². The number of nitrogens with zero attached hydrogens (tertiary/aromatic N) is 4. The maximum Gasteiger partial charge on any atom is 0.276 e. The lowest BCUT2D eigenvalue weighted by Gasteiger charge is -2.37. The minimum absolute atomic E-state index is 0.0972. The summed E-state index contributed by atoms with van der Waals surface area (Å²) in [6.07, 6.45) is 2.92. The Bertz CT molecular complexity index is 684. The second kappa shape index (κ2) is 5.75. The molecule has 3 heterocycles. The summed E-state index contributed by atoms with van der Waals surface area (Å²) < 4.78 is 11.4. The fourth-order valence-electron chi connectivity index (χ4n) is 3.04. The molecule has 1 aromatic carbocycles. The number of aromatic nitrogens is 3. The first-order chi connectivity index (χ1) is 11.3. The Kier molecular flexibility index (Phi) is 3.59. The number of carbonyl (C=O) groups excluding carboxylic acids is 1. The van der Waals surface area contributed by atoms with Crippen LogP contribution in [0.2, 0.25) is 0 Å². The number of hydrogen-bond acceptors (Lipinski definition) is 5. The van der Waals surface area contributed by atoms with E-state index in [0.717, 1.165) is 5.69 Å². The minimum atomic E-state index is -0.474. The molecule has 2 saturated heterocycles. The molecule has 4 rings (SSSR count). The highest BCUT2D eigenvalue weighted by Gasteiger charge is 2.41. The molecule has 0 aliphatic carbocycles. The molecule has 1 aromatic heterocycles. The fraction of sp³-hybridized carbons (Fsp3) is 0.438. The number of carbonyl (C=O) groups is 1. The van der Waals surface area contributed by atoms with Crippen LogP contribution in [0.3, 0.4) is 0 Å². The Labute approximate surface area is 133 Å². The number of ether oxygens (including phenoxy) is 2. The molecule has 0 bridgehead atoms. The van der Waals surface area contributed by atoms with Gasteiger partial charge in [0.05, 0.1) is 25.1 Å². The van der Waals surface area contributed by atoms with Crippen LogP contribution in [0.15, 0.2) is 36.5 Å². The Morgan fingerprint density at radius 2 is 1.78 bits per heavy atom. The maximum absolute atomic E-state index is 12.6. The van der Waals surface area contributed by atoms with Crippen molar-refractivity contribution >= 4 is 5.91 Å². The van der Waals surface area contributed by atoms with E-state index in [4.69, 9.17) is 9.47 Å². The predicted octanol–water partition coefficient (Wildman–Crippen LogP) is 1.25. The summed E-state index contributed by atoms with van der Waals surface area (Å²) in [6, 6.07) is 9.54. The molecule has 120 valence electrons. The largest absolute Gasteiger partial charge is 0.347 e. The van der Waals surface area contributed by atoms with Gasteiger partial charge in [-0.2, -0.15) is 9.90 Å². The van der Waals surface area contributed by atoms with E-state index in [0.29, 0.717) is 44.8 Å². The van der Waals surface area contributed by atoms with E-state index in [1.165, 1.54) is 11.0 Å². The van der Waals surface area contributed by atoms with E-state index in [2.05, 4.69) is 10.2 Å². The average molecular weight is 314 g/mol. The molecular weight excluding hydrogens is 296 g/mol. The molecule has 0 N–H and O–H groups in total. The van der Waals surface area contributed by atoms with E-state index >= 15 is 0 Å². The molecule has 0 unspecified atom stereocenters. The van der Waals surface area contributed by atoms with Crippen molar-refractivity contribution in [1.29, 1.82) is 0 Å². The second-order valence-electron chi connectivity index (χ2n) is 5.75. The van der Waals surface area contributed by atoms with Gasteiger partial charge in [-0.05, 0) is 12.1 Å². The molecular formula is C16H18N4O3. The van der Waals surface area contributed by atoms with Crippen molar-refractivity contribution in [3.8, 4) is 5.69 Å². The number of hydrogen-bond donors (Lipinski definition) is 0. The SMILES string of the molecule is O=C(c1cnn(-c2ccccc2)n1)N1CCC2(CC1)OCCO2. The summed E-state index contributed by atoms with van der Waals surface area (Å²) in [5.41, 5.74) is 1.19. The molecule has 7 nitrogen and oxygen atoms in total. The number of benzene rings is 1. The Balaban J connectivity index is 1.45. The van der Waals surface area contributed by atoms with Crippen LogP contribution < -0.4 is 0 Å². The number of rotatable bonds is 2. The third-order valence-electron chi connectivity index (χ3n) is 4.32. The van der Waals surface area contributed by atoms with Crippen molar-refractivity contribution in [2.75, 3.05) is 26.3 Å². The van der Waals surface area contributed by atoms with Crippen LogP contribution in [0.5, 0.6) is 0 Å². The molecule has 2 aromatic rings. The fourth-order valence-corrected chi connectivity index (χ4v) is 3.04. The normalized spacial score (nSPS) is 20.1. The highest BCUT2D eigenvalue weighted by atomic mass is 16.7. The Morgan fingerprint density at radius 3 is 2.48 bits per heavy atom. The highest BCUT2D eigenvalue weighted by molar-refractivity contribution is 5.92. The maximum atomic E-state index is 12.6. The minimum Gasteiger partial charge on any atom is -0.347 e. The molecule has 23 heavy (non-hydrogen) atoms. The standard InChI is InChI=1S/C16H18N4O3/c21-15(19-8-6-16(7-9-19)22-10-11-23-16)14-12-17-20(18-14)13-4-2-1-3-5-13/h1-5,12H,6-11H2. The lowest BCUT2D eigenvalue weighted by atomic mass is 10.0. The van der Waals surface area contributed by atoms with Gasteiger partial charge in [0.15, 0.2) is 11.5 Å². The average Bonchev–Trinajstić information content (AvgIpc) is 3.26. The Morgan fingerprint density at radius 1 is 1.09 bits per heavy atom. The lowest BCUT2D eigenvalue weighted by molar-refractivity contribution is -0.181. The van der Waals surface area contributed by atoms with Crippen molar-refractivity contribution < 1.29 is 14.3 Å². The zero-order chi connectivity index (χ0) is 15.7. The zero-order valence-corrected chi connectivity index (χ0v) is 12.7. The summed E-state index contributed by atoms with van der Waals surface area (Å²) in [6.45, 7) is 2.49. The van der Waals surface area contributed by atoms with E-state index in [9.17, 15) is 4.79 Å². The van der Waals surface area contributed by atoms with Crippen molar-refractivity contribution in [2.24, 2.45) is 0 Å². The third kappa shape index (κ3) is 2.73. The van der Waals surface area contributed by atoms with Gasteiger partial charge in [0, 0.05) is 25.9 Å². The van der Waals surface area contributed by atoms with Crippen LogP contribution in [0.25, 0.3) is 5.69 Å². The van der Waals surface area contributed by atoms with Crippen molar-refractivity contribution in [3.63, 3.8) is 0 Å². The monoisotopic (exact) mass is 314 g/mol. The van der Waals surface area contributed by atoms with Crippen LogP contribution in [-0.2, 0) is 9.47 Å². The second-order valence-corrected chi connectivity index (χ2v) is 5.75. The van der Waals surface area contributed by atoms with Gasteiger partial charge in [-0.15, -0.1) is 5.10 Å². The molecule has 1 spiro atoms. The van der Waals surface area contributed by atoms with Gasteiger partial charge < -0.3 is 14.4 Å². The van der Waals surface area contributed by atoms with E-state index in [-0.39, 0.29) is 5.91 Å². The lowest BCUT2D eigenvalue weighted by Crippen LogP contribution is -2.47. The van der Waals surface area contributed by atoms with Gasteiger partial charge in [-0.25, -0.2) is 0 Å². The summed E-state index contributed by atoms with van der Waals surface area (Å²) in [4.78, 5) is 15.8. The molecule has 2 aliphatic heterocycles.